The monoisotopic (exact) mass is 306 g/mol. The molecule has 2 saturated heterocycles. The molecular formula is C19H34N2O. The molecule has 1 aliphatic carbocycles. The van der Waals surface area contributed by atoms with E-state index in [1.54, 1.807) is 0 Å². The zero-order valence-corrected chi connectivity index (χ0v) is 14.8. The van der Waals surface area contributed by atoms with Gasteiger partial charge in [-0.15, -0.1) is 0 Å². The molecule has 22 heavy (non-hydrogen) atoms. The van der Waals surface area contributed by atoms with Gasteiger partial charge in [-0.05, 0) is 77.3 Å². The fourth-order valence-corrected chi connectivity index (χ4v) is 4.78. The summed E-state index contributed by atoms with van der Waals surface area (Å²) in [5, 5.41) is 0. The molecule has 0 N–H and O–H groups in total. The zero-order chi connectivity index (χ0) is 15.7. The van der Waals surface area contributed by atoms with Crippen LogP contribution in [0.15, 0.2) is 0 Å². The SMILES string of the molecule is CC(C)N1CCC(C2CCN(C(=O)C3(C)CCC3)CC2)CC1. The van der Waals surface area contributed by atoms with Gasteiger partial charge in [0.15, 0.2) is 0 Å². The van der Waals surface area contributed by atoms with Crippen molar-refractivity contribution in [3.8, 4) is 0 Å². The van der Waals surface area contributed by atoms with Crippen molar-refractivity contribution in [1.82, 2.24) is 9.80 Å². The summed E-state index contributed by atoms with van der Waals surface area (Å²) in [6.07, 6.45) is 8.69. The van der Waals surface area contributed by atoms with Crippen LogP contribution in [0.25, 0.3) is 0 Å². The maximum atomic E-state index is 12.6. The molecule has 0 bridgehead atoms. The lowest BCUT2D eigenvalue weighted by atomic mass is 9.69. The van der Waals surface area contributed by atoms with Gasteiger partial charge in [-0.2, -0.15) is 0 Å². The summed E-state index contributed by atoms with van der Waals surface area (Å²) in [6.45, 7) is 11.4. The maximum absolute atomic E-state index is 12.6. The number of piperidine rings is 2. The van der Waals surface area contributed by atoms with Crippen LogP contribution in [-0.2, 0) is 4.79 Å². The van der Waals surface area contributed by atoms with Crippen molar-refractivity contribution >= 4 is 5.91 Å². The Bertz CT molecular complexity index is 386. The standard InChI is InChI=1S/C19H34N2O/c1-15(2)20-11-5-16(6-12-20)17-7-13-21(14-8-17)18(22)19(3)9-4-10-19/h15-17H,4-14H2,1-3H3. The van der Waals surface area contributed by atoms with Crippen LogP contribution in [0.4, 0.5) is 0 Å². The lowest BCUT2D eigenvalue weighted by Crippen LogP contribution is -2.50. The zero-order valence-electron chi connectivity index (χ0n) is 14.8. The van der Waals surface area contributed by atoms with Crippen molar-refractivity contribution in [1.29, 1.82) is 0 Å². The minimum Gasteiger partial charge on any atom is -0.342 e. The van der Waals surface area contributed by atoms with E-state index in [0.29, 0.717) is 11.9 Å². The molecular weight excluding hydrogens is 272 g/mol. The van der Waals surface area contributed by atoms with Gasteiger partial charge in [0.1, 0.15) is 0 Å². The van der Waals surface area contributed by atoms with Crippen LogP contribution >= 0.6 is 0 Å². The predicted molar refractivity (Wildman–Crippen MR) is 90.7 cm³/mol. The van der Waals surface area contributed by atoms with Crippen molar-refractivity contribution < 1.29 is 4.79 Å². The van der Waals surface area contributed by atoms with E-state index in [0.717, 1.165) is 37.8 Å². The molecule has 2 aliphatic heterocycles. The smallest absolute Gasteiger partial charge is 0.228 e. The first-order chi connectivity index (χ1) is 10.5. The van der Waals surface area contributed by atoms with Crippen molar-refractivity contribution in [3.05, 3.63) is 0 Å². The second-order valence-electron chi connectivity index (χ2n) is 8.51. The largest absolute Gasteiger partial charge is 0.342 e. The summed E-state index contributed by atoms with van der Waals surface area (Å²) in [5.41, 5.74) is -0.00452. The third kappa shape index (κ3) is 3.20. The summed E-state index contributed by atoms with van der Waals surface area (Å²) in [4.78, 5) is 17.4. The summed E-state index contributed by atoms with van der Waals surface area (Å²) in [6, 6.07) is 0.698. The van der Waals surface area contributed by atoms with Crippen molar-refractivity contribution in [2.45, 2.75) is 71.8 Å². The predicted octanol–water partition coefficient (Wildman–Crippen LogP) is 3.54. The van der Waals surface area contributed by atoms with Gasteiger partial charge >= 0.3 is 0 Å². The minimum absolute atomic E-state index is 0.00452. The van der Waals surface area contributed by atoms with Crippen LogP contribution in [0.5, 0.6) is 0 Å². The Morgan fingerprint density at radius 2 is 1.45 bits per heavy atom. The van der Waals surface area contributed by atoms with Gasteiger partial charge in [-0.1, -0.05) is 13.3 Å². The van der Waals surface area contributed by atoms with E-state index < -0.39 is 0 Å². The first-order valence-electron chi connectivity index (χ1n) is 9.53. The average Bonchev–Trinajstić information content (AvgIpc) is 2.52. The fourth-order valence-electron chi connectivity index (χ4n) is 4.78. The molecule has 0 atom stereocenters. The molecule has 3 fully saturated rings. The molecule has 3 aliphatic rings. The highest BCUT2D eigenvalue weighted by Crippen LogP contribution is 2.43. The molecule has 0 aromatic heterocycles. The van der Waals surface area contributed by atoms with Crippen molar-refractivity contribution in [3.63, 3.8) is 0 Å². The number of rotatable bonds is 3. The number of likely N-dealkylation sites (tertiary alicyclic amines) is 2. The highest BCUT2D eigenvalue weighted by molar-refractivity contribution is 5.83. The highest BCUT2D eigenvalue weighted by Gasteiger charge is 2.43. The van der Waals surface area contributed by atoms with Crippen LogP contribution in [0.2, 0.25) is 0 Å². The van der Waals surface area contributed by atoms with Gasteiger partial charge in [0, 0.05) is 24.5 Å². The second kappa shape index (κ2) is 6.51. The quantitative estimate of drug-likeness (QED) is 0.796. The molecule has 0 aromatic rings. The molecule has 3 heteroatoms. The Morgan fingerprint density at radius 3 is 1.86 bits per heavy atom. The molecule has 0 spiro atoms. The molecule has 3 nitrogen and oxygen atoms in total. The summed E-state index contributed by atoms with van der Waals surface area (Å²) < 4.78 is 0. The van der Waals surface area contributed by atoms with Crippen molar-refractivity contribution in [2.24, 2.45) is 17.3 Å². The molecule has 1 amide bonds. The van der Waals surface area contributed by atoms with E-state index in [1.165, 1.54) is 45.2 Å². The van der Waals surface area contributed by atoms with Gasteiger partial charge in [0.05, 0.1) is 0 Å². The molecule has 0 unspecified atom stereocenters. The number of hydrogen-bond donors (Lipinski definition) is 0. The third-order valence-electron chi connectivity index (χ3n) is 6.77. The number of nitrogens with zero attached hydrogens (tertiary/aromatic N) is 2. The van der Waals surface area contributed by atoms with E-state index >= 15 is 0 Å². The second-order valence-corrected chi connectivity index (χ2v) is 8.51. The summed E-state index contributed by atoms with van der Waals surface area (Å²) in [7, 11) is 0. The third-order valence-corrected chi connectivity index (χ3v) is 6.77. The first kappa shape index (κ1) is 16.3. The Morgan fingerprint density at radius 1 is 0.955 bits per heavy atom. The van der Waals surface area contributed by atoms with E-state index in [-0.39, 0.29) is 5.41 Å². The number of amides is 1. The van der Waals surface area contributed by atoms with Crippen LogP contribution < -0.4 is 0 Å². The molecule has 0 radical (unpaired) electrons. The molecule has 0 aromatic carbocycles. The van der Waals surface area contributed by atoms with Gasteiger partial charge in [0.2, 0.25) is 5.91 Å². The highest BCUT2D eigenvalue weighted by atomic mass is 16.2. The van der Waals surface area contributed by atoms with Gasteiger partial charge in [-0.25, -0.2) is 0 Å². The summed E-state index contributed by atoms with van der Waals surface area (Å²) in [5.74, 6) is 2.23. The Labute approximate surface area is 136 Å². The normalized spacial score (nSPS) is 27.9. The minimum atomic E-state index is -0.00452. The maximum Gasteiger partial charge on any atom is 0.228 e. The topological polar surface area (TPSA) is 23.6 Å². The number of carbonyl (C=O) groups excluding carboxylic acids is 1. The average molecular weight is 306 g/mol. The lowest BCUT2D eigenvalue weighted by molar-refractivity contribution is -0.147. The Kier molecular flexibility index (Phi) is 4.82. The van der Waals surface area contributed by atoms with E-state index in [2.05, 4.69) is 30.6 Å². The van der Waals surface area contributed by atoms with Crippen LogP contribution in [0, 0.1) is 17.3 Å². The van der Waals surface area contributed by atoms with Gasteiger partial charge in [-0.3, -0.25) is 4.79 Å². The van der Waals surface area contributed by atoms with Crippen molar-refractivity contribution in [2.75, 3.05) is 26.2 Å². The van der Waals surface area contributed by atoms with Gasteiger partial charge < -0.3 is 9.80 Å². The van der Waals surface area contributed by atoms with E-state index in [1.807, 2.05) is 0 Å². The lowest BCUT2D eigenvalue weighted by Gasteiger charge is -2.45. The Hall–Kier alpha value is -0.570. The number of carbonyl (C=O) groups is 1. The first-order valence-corrected chi connectivity index (χ1v) is 9.53. The van der Waals surface area contributed by atoms with Crippen LogP contribution in [-0.4, -0.2) is 47.9 Å². The molecule has 2 heterocycles. The van der Waals surface area contributed by atoms with E-state index in [9.17, 15) is 4.79 Å². The van der Waals surface area contributed by atoms with Crippen LogP contribution in [0.1, 0.15) is 65.7 Å². The molecule has 3 rings (SSSR count). The molecule has 1 saturated carbocycles. The number of hydrogen-bond acceptors (Lipinski definition) is 2. The summed E-state index contributed by atoms with van der Waals surface area (Å²) >= 11 is 0. The molecule has 126 valence electrons. The Balaban J connectivity index is 1.45. The van der Waals surface area contributed by atoms with Crippen LogP contribution in [0.3, 0.4) is 0 Å². The van der Waals surface area contributed by atoms with Gasteiger partial charge in [0.25, 0.3) is 0 Å². The van der Waals surface area contributed by atoms with E-state index in [4.69, 9.17) is 0 Å². The fraction of sp³-hybridized carbons (Fsp3) is 0.947.